The summed E-state index contributed by atoms with van der Waals surface area (Å²) in [6.45, 7) is 2.27. The molecule has 7 heteroatoms. The van der Waals surface area contributed by atoms with Crippen molar-refractivity contribution in [3.8, 4) is 28.6 Å². The van der Waals surface area contributed by atoms with Crippen LogP contribution < -0.4 is 10.1 Å². The fourth-order valence-corrected chi connectivity index (χ4v) is 2.90. The monoisotopic (exact) mass is 400 g/mol. The van der Waals surface area contributed by atoms with E-state index >= 15 is 0 Å². The third kappa shape index (κ3) is 4.70. The lowest BCUT2D eigenvalue weighted by Crippen LogP contribution is -2.28. The van der Waals surface area contributed by atoms with Gasteiger partial charge in [-0.1, -0.05) is 47.1 Å². The molecule has 0 unspecified atom stereocenters. The number of aryl methyl sites for hydroxylation is 1. The van der Waals surface area contributed by atoms with Gasteiger partial charge in [0.2, 0.25) is 5.82 Å². The molecule has 0 spiro atoms. The summed E-state index contributed by atoms with van der Waals surface area (Å²) in [5, 5.41) is 6.88. The lowest BCUT2D eigenvalue weighted by Gasteiger charge is -2.09. The zero-order chi connectivity index (χ0) is 20.8. The minimum absolute atomic E-state index is 0.129. The Morgan fingerprint density at radius 2 is 2.00 bits per heavy atom. The molecular formula is C23H20N4O3. The number of carbonyl (C=O) groups is 1. The van der Waals surface area contributed by atoms with Gasteiger partial charge in [0.25, 0.3) is 11.8 Å². The van der Waals surface area contributed by atoms with Gasteiger partial charge in [0, 0.05) is 24.5 Å². The molecule has 0 aliphatic heterocycles. The summed E-state index contributed by atoms with van der Waals surface area (Å²) in [5.41, 5.74) is 3.53. The van der Waals surface area contributed by atoms with Crippen molar-refractivity contribution in [2.75, 3.05) is 6.61 Å². The van der Waals surface area contributed by atoms with Crippen LogP contribution in [0.3, 0.4) is 0 Å². The number of hydrogen-bond acceptors (Lipinski definition) is 6. The number of rotatable bonds is 7. The highest BCUT2D eigenvalue weighted by Crippen LogP contribution is 2.30. The van der Waals surface area contributed by atoms with Gasteiger partial charge in [0.05, 0.1) is 5.56 Å². The number of pyridine rings is 1. The van der Waals surface area contributed by atoms with Gasteiger partial charge in [0.1, 0.15) is 5.75 Å². The predicted octanol–water partition coefficient (Wildman–Crippen LogP) is 3.80. The third-order valence-electron chi connectivity index (χ3n) is 4.39. The molecular weight excluding hydrogens is 380 g/mol. The van der Waals surface area contributed by atoms with Crippen molar-refractivity contribution in [3.05, 3.63) is 84.2 Å². The van der Waals surface area contributed by atoms with Crippen molar-refractivity contribution in [3.63, 3.8) is 0 Å². The molecule has 0 aliphatic carbocycles. The molecule has 1 amide bonds. The van der Waals surface area contributed by atoms with Crippen LogP contribution >= 0.6 is 0 Å². The smallest absolute Gasteiger partial charge is 0.262 e. The van der Waals surface area contributed by atoms with Crippen molar-refractivity contribution < 1.29 is 14.1 Å². The van der Waals surface area contributed by atoms with E-state index in [0.29, 0.717) is 29.6 Å². The molecule has 0 radical (unpaired) electrons. The van der Waals surface area contributed by atoms with Crippen LogP contribution in [0.25, 0.3) is 22.8 Å². The van der Waals surface area contributed by atoms with E-state index in [9.17, 15) is 4.79 Å². The number of nitrogens with one attached hydrogen (secondary N) is 1. The lowest BCUT2D eigenvalue weighted by molar-refractivity contribution is -0.123. The zero-order valence-electron chi connectivity index (χ0n) is 16.4. The molecule has 1 N–H and O–H groups in total. The van der Waals surface area contributed by atoms with Crippen LogP contribution in [0.15, 0.2) is 77.6 Å². The Bertz CT molecular complexity index is 1140. The lowest BCUT2D eigenvalue weighted by atomic mass is 10.1. The van der Waals surface area contributed by atoms with Crippen molar-refractivity contribution in [2.45, 2.75) is 13.5 Å². The number of aromatic nitrogens is 3. The van der Waals surface area contributed by atoms with E-state index in [0.717, 1.165) is 16.7 Å². The summed E-state index contributed by atoms with van der Waals surface area (Å²) in [7, 11) is 0. The molecule has 30 heavy (non-hydrogen) atoms. The van der Waals surface area contributed by atoms with Gasteiger partial charge >= 0.3 is 0 Å². The Labute approximate surface area is 173 Å². The number of amides is 1. The van der Waals surface area contributed by atoms with Gasteiger partial charge in [-0.25, -0.2) is 0 Å². The molecule has 0 bridgehead atoms. The SMILES string of the molecule is Cc1cccc(-c2noc(-c3ccccc3OCC(=O)NCc3cccnc3)n2)c1. The van der Waals surface area contributed by atoms with E-state index < -0.39 is 0 Å². The molecule has 0 saturated heterocycles. The van der Waals surface area contributed by atoms with Gasteiger partial charge < -0.3 is 14.6 Å². The van der Waals surface area contributed by atoms with E-state index in [2.05, 4.69) is 20.4 Å². The van der Waals surface area contributed by atoms with Crippen LogP contribution in [0.5, 0.6) is 5.75 Å². The zero-order valence-corrected chi connectivity index (χ0v) is 16.4. The normalized spacial score (nSPS) is 10.6. The number of carbonyl (C=O) groups excluding carboxylic acids is 1. The minimum Gasteiger partial charge on any atom is -0.483 e. The quantitative estimate of drug-likeness (QED) is 0.507. The summed E-state index contributed by atoms with van der Waals surface area (Å²) >= 11 is 0. The van der Waals surface area contributed by atoms with Crippen LogP contribution in [-0.2, 0) is 11.3 Å². The second-order valence-electron chi connectivity index (χ2n) is 6.72. The van der Waals surface area contributed by atoms with Gasteiger partial charge in [0.15, 0.2) is 6.61 Å². The Balaban J connectivity index is 1.43. The molecule has 150 valence electrons. The van der Waals surface area contributed by atoms with Crippen LogP contribution in [0, 0.1) is 6.92 Å². The van der Waals surface area contributed by atoms with Crippen LogP contribution in [0.1, 0.15) is 11.1 Å². The maximum absolute atomic E-state index is 12.2. The fraction of sp³-hybridized carbons (Fsp3) is 0.130. The van der Waals surface area contributed by atoms with Gasteiger partial charge in [-0.3, -0.25) is 9.78 Å². The third-order valence-corrected chi connectivity index (χ3v) is 4.39. The molecule has 7 nitrogen and oxygen atoms in total. The number of benzene rings is 2. The fourth-order valence-electron chi connectivity index (χ4n) is 2.90. The highest BCUT2D eigenvalue weighted by molar-refractivity contribution is 5.78. The molecule has 0 fully saturated rings. The van der Waals surface area contributed by atoms with E-state index in [4.69, 9.17) is 9.26 Å². The Hall–Kier alpha value is -4.00. The summed E-state index contributed by atoms with van der Waals surface area (Å²) in [6.07, 6.45) is 3.39. The molecule has 2 heterocycles. The summed E-state index contributed by atoms with van der Waals surface area (Å²) < 4.78 is 11.2. The molecule has 0 saturated carbocycles. The molecule has 2 aromatic heterocycles. The van der Waals surface area contributed by atoms with E-state index in [1.807, 2.05) is 61.5 Å². The molecule has 2 aromatic carbocycles. The molecule has 4 aromatic rings. The highest BCUT2D eigenvalue weighted by atomic mass is 16.5. The first kappa shape index (κ1) is 19.3. The summed E-state index contributed by atoms with van der Waals surface area (Å²) in [4.78, 5) is 20.7. The van der Waals surface area contributed by atoms with E-state index in [-0.39, 0.29) is 12.5 Å². The summed E-state index contributed by atoms with van der Waals surface area (Å²) in [5.74, 6) is 1.09. The first-order chi connectivity index (χ1) is 14.7. The van der Waals surface area contributed by atoms with Crippen molar-refractivity contribution >= 4 is 5.91 Å². The Morgan fingerprint density at radius 3 is 2.83 bits per heavy atom. The van der Waals surface area contributed by atoms with E-state index in [1.54, 1.807) is 18.5 Å². The Morgan fingerprint density at radius 1 is 1.10 bits per heavy atom. The van der Waals surface area contributed by atoms with Crippen molar-refractivity contribution in [1.82, 2.24) is 20.4 Å². The second-order valence-corrected chi connectivity index (χ2v) is 6.72. The maximum atomic E-state index is 12.2. The number of nitrogens with zero attached hydrogens (tertiary/aromatic N) is 3. The Kier molecular flexibility index (Phi) is 5.80. The van der Waals surface area contributed by atoms with Gasteiger partial charge in [-0.2, -0.15) is 4.98 Å². The van der Waals surface area contributed by atoms with Gasteiger partial charge in [-0.15, -0.1) is 0 Å². The molecule has 0 atom stereocenters. The van der Waals surface area contributed by atoms with E-state index in [1.165, 1.54) is 0 Å². The largest absolute Gasteiger partial charge is 0.483 e. The van der Waals surface area contributed by atoms with Gasteiger partial charge in [-0.05, 0) is 36.8 Å². The minimum atomic E-state index is -0.236. The first-order valence-electron chi connectivity index (χ1n) is 9.47. The second kappa shape index (κ2) is 9.00. The van der Waals surface area contributed by atoms with Crippen molar-refractivity contribution in [2.24, 2.45) is 0 Å². The van der Waals surface area contributed by atoms with Crippen LogP contribution in [-0.4, -0.2) is 27.6 Å². The molecule has 0 aliphatic rings. The van der Waals surface area contributed by atoms with Crippen LogP contribution in [0.4, 0.5) is 0 Å². The number of para-hydroxylation sites is 1. The summed E-state index contributed by atoms with van der Waals surface area (Å²) in [6, 6.07) is 18.8. The average Bonchev–Trinajstić information content (AvgIpc) is 3.27. The molecule has 4 rings (SSSR count). The number of ether oxygens (including phenoxy) is 1. The highest BCUT2D eigenvalue weighted by Gasteiger charge is 2.15. The first-order valence-corrected chi connectivity index (χ1v) is 9.47. The average molecular weight is 400 g/mol. The predicted molar refractivity (Wildman–Crippen MR) is 111 cm³/mol. The number of hydrogen-bond donors (Lipinski definition) is 1. The maximum Gasteiger partial charge on any atom is 0.262 e. The topological polar surface area (TPSA) is 90.1 Å². The van der Waals surface area contributed by atoms with Crippen molar-refractivity contribution in [1.29, 1.82) is 0 Å². The standard InChI is InChI=1S/C23H20N4O3/c1-16-6-4-8-18(12-16)22-26-23(30-27-22)19-9-2-3-10-20(19)29-15-21(28)25-14-17-7-5-11-24-13-17/h2-13H,14-15H2,1H3,(H,25,28). The van der Waals surface area contributed by atoms with Crippen LogP contribution in [0.2, 0.25) is 0 Å².